The molecule has 3 nitrogen and oxygen atoms in total. The highest BCUT2D eigenvalue weighted by atomic mass is 79.9. The number of rotatable bonds is 2. The van der Waals surface area contributed by atoms with E-state index in [1.54, 1.807) is 13.0 Å². The number of benzene rings is 1. The lowest BCUT2D eigenvalue weighted by Gasteiger charge is -2.23. The van der Waals surface area contributed by atoms with E-state index in [1.165, 1.54) is 6.07 Å². The van der Waals surface area contributed by atoms with E-state index in [0.29, 0.717) is 15.7 Å². The van der Waals surface area contributed by atoms with Crippen LogP contribution in [-0.2, 0) is 4.79 Å². The first kappa shape index (κ1) is 13.5. The fourth-order valence-corrected chi connectivity index (χ4v) is 2.47. The number of amides is 1. The van der Waals surface area contributed by atoms with E-state index < -0.39 is 5.54 Å². The minimum Gasteiger partial charge on any atom is -0.324 e. The molecule has 5 heteroatoms. The minimum atomic E-state index is -0.521. The summed E-state index contributed by atoms with van der Waals surface area (Å²) in [6.07, 6.45) is 1.82. The highest BCUT2D eigenvalue weighted by Gasteiger charge is 2.36. The van der Waals surface area contributed by atoms with Gasteiger partial charge in [0.15, 0.2) is 0 Å². The summed E-state index contributed by atoms with van der Waals surface area (Å²) in [7, 11) is 0. The summed E-state index contributed by atoms with van der Waals surface area (Å²) in [6.45, 7) is 4.52. The summed E-state index contributed by atoms with van der Waals surface area (Å²) in [5.41, 5.74) is 0.835. The molecular formula is C13H16BrFN2O. The van der Waals surface area contributed by atoms with Gasteiger partial charge in [-0.05, 0) is 66.9 Å². The Hall–Kier alpha value is -0.940. The van der Waals surface area contributed by atoms with Gasteiger partial charge in [-0.3, -0.25) is 4.79 Å². The van der Waals surface area contributed by atoms with Crippen LogP contribution >= 0.6 is 15.9 Å². The van der Waals surface area contributed by atoms with Crippen molar-refractivity contribution in [3.05, 3.63) is 28.0 Å². The monoisotopic (exact) mass is 314 g/mol. The maximum absolute atomic E-state index is 13.3. The van der Waals surface area contributed by atoms with Crippen LogP contribution in [0.25, 0.3) is 0 Å². The SMILES string of the molecule is Cc1cc(F)c(Br)cc1NC(=O)C1(C)CCCN1. The van der Waals surface area contributed by atoms with Crippen molar-refractivity contribution in [1.82, 2.24) is 5.32 Å². The smallest absolute Gasteiger partial charge is 0.244 e. The Kier molecular flexibility index (Phi) is 3.73. The summed E-state index contributed by atoms with van der Waals surface area (Å²) in [4.78, 5) is 12.2. The van der Waals surface area contributed by atoms with Gasteiger partial charge < -0.3 is 10.6 Å². The molecule has 0 aliphatic carbocycles. The normalized spacial score (nSPS) is 23.1. The number of halogens is 2. The standard InChI is InChI=1S/C13H16BrFN2O/c1-8-6-10(15)9(14)7-11(8)17-12(18)13(2)4-3-5-16-13/h6-7,16H,3-5H2,1-2H3,(H,17,18). The van der Waals surface area contributed by atoms with E-state index in [2.05, 4.69) is 26.6 Å². The molecule has 1 unspecified atom stereocenters. The van der Waals surface area contributed by atoms with Gasteiger partial charge in [0.25, 0.3) is 0 Å². The van der Waals surface area contributed by atoms with Crippen LogP contribution < -0.4 is 10.6 Å². The van der Waals surface area contributed by atoms with Gasteiger partial charge in [0.2, 0.25) is 5.91 Å². The summed E-state index contributed by atoms with van der Waals surface area (Å²) in [5.74, 6) is -0.391. The molecule has 1 saturated heterocycles. The quantitative estimate of drug-likeness (QED) is 0.881. The van der Waals surface area contributed by atoms with Crippen LogP contribution in [0.1, 0.15) is 25.3 Å². The van der Waals surface area contributed by atoms with E-state index in [4.69, 9.17) is 0 Å². The van der Waals surface area contributed by atoms with Gasteiger partial charge in [0.1, 0.15) is 5.82 Å². The maximum Gasteiger partial charge on any atom is 0.244 e. The topological polar surface area (TPSA) is 41.1 Å². The van der Waals surface area contributed by atoms with Gasteiger partial charge in [0.05, 0.1) is 10.0 Å². The molecule has 1 fully saturated rings. The summed E-state index contributed by atoms with van der Waals surface area (Å²) < 4.78 is 13.7. The predicted molar refractivity (Wildman–Crippen MR) is 73.1 cm³/mol. The highest BCUT2D eigenvalue weighted by Crippen LogP contribution is 2.26. The van der Waals surface area contributed by atoms with Crippen molar-refractivity contribution in [2.75, 3.05) is 11.9 Å². The van der Waals surface area contributed by atoms with Crippen LogP contribution in [0.15, 0.2) is 16.6 Å². The van der Waals surface area contributed by atoms with Gasteiger partial charge in [-0.2, -0.15) is 0 Å². The molecule has 0 aromatic heterocycles. The molecule has 1 aliphatic rings. The second-order valence-electron chi connectivity index (χ2n) is 4.90. The van der Waals surface area contributed by atoms with Gasteiger partial charge >= 0.3 is 0 Å². The summed E-state index contributed by atoms with van der Waals surface area (Å²) in [6, 6.07) is 3.00. The Balaban J connectivity index is 2.19. The Bertz CT molecular complexity index is 484. The average molecular weight is 315 g/mol. The lowest BCUT2D eigenvalue weighted by atomic mass is 9.99. The van der Waals surface area contributed by atoms with E-state index in [0.717, 1.165) is 19.4 Å². The van der Waals surface area contributed by atoms with Gasteiger partial charge in [-0.15, -0.1) is 0 Å². The number of anilines is 1. The molecular weight excluding hydrogens is 299 g/mol. The number of hydrogen-bond acceptors (Lipinski definition) is 2. The molecule has 1 aromatic rings. The van der Waals surface area contributed by atoms with Crippen LogP contribution in [0.4, 0.5) is 10.1 Å². The molecule has 98 valence electrons. The Morgan fingerprint density at radius 3 is 2.89 bits per heavy atom. The average Bonchev–Trinajstić information content (AvgIpc) is 2.74. The van der Waals surface area contributed by atoms with E-state index in [9.17, 15) is 9.18 Å². The Labute approximate surface area is 114 Å². The van der Waals surface area contributed by atoms with E-state index in [1.807, 2.05) is 6.92 Å². The largest absolute Gasteiger partial charge is 0.324 e. The van der Waals surface area contributed by atoms with Gasteiger partial charge in [0, 0.05) is 5.69 Å². The molecule has 2 rings (SSSR count). The number of carbonyl (C=O) groups excluding carboxylic acids is 1. The van der Waals surface area contributed by atoms with Crippen LogP contribution in [-0.4, -0.2) is 18.0 Å². The third kappa shape index (κ3) is 2.57. The highest BCUT2D eigenvalue weighted by molar-refractivity contribution is 9.10. The van der Waals surface area contributed by atoms with Gasteiger partial charge in [-0.1, -0.05) is 0 Å². The van der Waals surface area contributed by atoms with Crippen molar-refractivity contribution in [2.45, 2.75) is 32.2 Å². The lowest BCUT2D eigenvalue weighted by Crippen LogP contribution is -2.48. The summed E-state index contributed by atoms with van der Waals surface area (Å²) >= 11 is 3.13. The van der Waals surface area contributed by atoms with Crippen molar-refractivity contribution >= 4 is 27.5 Å². The number of nitrogens with one attached hydrogen (secondary N) is 2. The van der Waals surface area contributed by atoms with Crippen molar-refractivity contribution < 1.29 is 9.18 Å². The molecule has 2 N–H and O–H groups in total. The minimum absolute atomic E-state index is 0.0680. The molecule has 18 heavy (non-hydrogen) atoms. The molecule has 0 radical (unpaired) electrons. The van der Waals surface area contributed by atoms with E-state index >= 15 is 0 Å². The zero-order valence-electron chi connectivity index (χ0n) is 10.4. The first-order chi connectivity index (χ1) is 8.42. The molecule has 0 spiro atoms. The Morgan fingerprint density at radius 2 is 2.28 bits per heavy atom. The summed E-state index contributed by atoms with van der Waals surface area (Å²) in [5, 5.41) is 6.06. The maximum atomic E-state index is 13.3. The first-order valence-electron chi connectivity index (χ1n) is 5.94. The third-order valence-corrected chi connectivity index (χ3v) is 3.99. The second-order valence-corrected chi connectivity index (χ2v) is 5.75. The molecule has 1 atom stereocenters. The lowest BCUT2D eigenvalue weighted by molar-refractivity contribution is -0.121. The van der Waals surface area contributed by atoms with E-state index in [-0.39, 0.29) is 11.7 Å². The van der Waals surface area contributed by atoms with Crippen LogP contribution in [0, 0.1) is 12.7 Å². The van der Waals surface area contributed by atoms with Crippen molar-refractivity contribution in [2.24, 2.45) is 0 Å². The molecule has 0 saturated carbocycles. The molecule has 1 amide bonds. The van der Waals surface area contributed by atoms with Crippen molar-refractivity contribution in [3.8, 4) is 0 Å². The molecule has 1 heterocycles. The fraction of sp³-hybridized carbons (Fsp3) is 0.462. The number of hydrogen-bond donors (Lipinski definition) is 2. The zero-order valence-corrected chi connectivity index (χ0v) is 12.0. The van der Waals surface area contributed by atoms with Gasteiger partial charge in [-0.25, -0.2) is 4.39 Å². The van der Waals surface area contributed by atoms with Crippen LogP contribution in [0.2, 0.25) is 0 Å². The van der Waals surface area contributed by atoms with Crippen molar-refractivity contribution in [3.63, 3.8) is 0 Å². The number of carbonyl (C=O) groups is 1. The zero-order chi connectivity index (χ0) is 13.3. The fourth-order valence-electron chi connectivity index (χ4n) is 2.13. The molecule has 0 bridgehead atoms. The first-order valence-corrected chi connectivity index (χ1v) is 6.74. The van der Waals surface area contributed by atoms with Crippen LogP contribution in [0.3, 0.4) is 0 Å². The molecule has 1 aliphatic heterocycles. The number of aryl methyl sites for hydroxylation is 1. The molecule has 1 aromatic carbocycles. The second kappa shape index (κ2) is 4.97. The van der Waals surface area contributed by atoms with Crippen molar-refractivity contribution in [1.29, 1.82) is 0 Å². The third-order valence-electron chi connectivity index (χ3n) is 3.39. The van der Waals surface area contributed by atoms with Crippen LogP contribution in [0.5, 0.6) is 0 Å². The predicted octanol–water partition coefficient (Wildman–Crippen LogP) is 2.98. The Morgan fingerprint density at radius 1 is 1.56 bits per heavy atom.